The second kappa shape index (κ2) is 9.34. The van der Waals surface area contributed by atoms with Crippen LogP contribution in [-0.2, 0) is 0 Å². The maximum atomic E-state index is 12.2. The standard InChI is InChI=1S/C19H25N3O2S/c1-22(2)18(14-5-9-16(24-3)10-6-14)13-20-19(23)21-15-7-11-17(25-4)12-8-15/h5-12,18H,13H2,1-4H3,(H2,20,21,23). The summed E-state index contributed by atoms with van der Waals surface area (Å²) in [5.74, 6) is 0.820. The Morgan fingerprint density at radius 2 is 1.76 bits per heavy atom. The van der Waals surface area contributed by atoms with E-state index < -0.39 is 0 Å². The molecule has 0 bridgehead atoms. The Balaban J connectivity index is 1.93. The van der Waals surface area contributed by atoms with Gasteiger partial charge in [0.2, 0.25) is 0 Å². The van der Waals surface area contributed by atoms with E-state index in [4.69, 9.17) is 4.74 Å². The van der Waals surface area contributed by atoms with Crippen molar-refractivity contribution in [2.45, 2.75) is 10.9 Å². The predicted molar refractivity (Wildman–Crippen MR) is 105 cm³/mol. The van der Waals surface area contributed by atoms with Crippen molar-refractivity contribution < 1.29 is 9.53 Å². The number of carbonyl (C=O) groups is 1. The molecule has 0 aliphatic heterocycles. The first kappa shape index (κ1) is 19.1. The average Bonchev–Trinajstić information content (AvgIpc) is 2.62. The average molecular weight is 359 g/mol. The van der Waals surface area contributed by atoms with E-state index in [0.717, 1.165) is 21.9 Å². The minimum atomic E-state index is -0.211. The zero-order valence-corrected chi connectivity index (χ0v) is 15.9. The zero-order chi connectivity index (χ0) is 18.2. The largest absolute Gasteiger partial charge is 0.497 e. The van der Waals surface area contributed by atoms with Crippen LogP contribution in [0.1, 0.15) is 11.6 Å². The highest BCUT2D eigenvalue weighted by molar-refractivity contribution is 7.98. The van der Waals surface area contributed by atoms with E-state index >= 15 is 0 Å². The van der Waals surface area contributed by atoms with Gasteiger partial charge >= 0.3 is 6.03 Å². The van der Waals surface area contributed by atoms with Crippen molar-refractivity contribution >= 4 is 23.5 Å². The third-order valence-electron chi connectivity index (χ3n) is 3.93. The lowest BCUT2D eigenvalue weighted by Crippen LogP contribution is -2.36. The number of urea groups is 1. The summed E-state index contributed by atoms with van der Waals surface area (Å²) in [6.45, 7) is 0.508. The molecule has 2 rings (SSSR count). The molecule has 2 N–H and O–H groups in total. The monoisotopic (exact) mass is 359 g/mol. The van der Waals surface area contributed by atoms with Gasteiger partial charge in [-0.1, -0.05) is 12.1 Å². The summed E-state index contributed by atoms with van der Waals surface area (Å²) in [5.41, 5.74) is 1.90. The Morgan fingerprint density at radius 3 is 2.28 bits per heavy atom. The Bertz CT molecular complexity index is 672. The van der Waals surface area contributed by atoms with Crippen molar-refractivity contribution in [2.24, 2.45) is 0 Å². The van der Waals surface area contributed by atoms with Gasteiger partial charge in [0.25, 0.3) is 0 Å². The Kier molecular flexibility index (Phi) is 7.16. The molecule has 0 saturated carbocycles. The molecule has 0 aromatic heterocycles. The smallest absolute Gasteiger partial charge is 0.319 e. The van der Waals surface area contributed by atoms with Crippen LogP contribution in [0.15, 0.2) is 53.4 Å². The van der Waals surface area contributed by atoms with Crippen LogP contribution >= 0.6 is 11.8 Å². The first-order chi connectivity index (χ1) is 12.0. The molecule has 0 saturated heterocycles. The topological polar surface area (TPSA) is 53.6 Å². The van der Waals surface area contributed by atoms with Crippen molar-refractivity contribution in [3.8, 4) is 5.75 Å². The Morgan fingerprint density at radius 1 is 1.12 bits per heavy atom. The summed E-state index contributed by atoms with van der Waals surface area (Å²) >= 11 is 1.67. The highest BCUT2D eigenvalue weighted by Gasteiger charge is 2.15. The highest BCUT2D eigenvalue weighted by Crippen LogP contribution is 2.21. The number of hydrogen-bond donors (Lipinski definition) is 2. The number of rotatable bonds is 7. The lowest BCUT2D eigenvalue weighted by molar-refractivity contribution is 0.243. The van der Waals surface area contributed by atoms with Crippen LogP contribution < -0.4 is 15.4 Å². The van der Waals surface area contributed by atoms with E-state index in [2.05, 4.69) is 15.5 Å². The minimum Gasteiger partial charge on any atom is -0.497 e. The van der Waals surface area contributed by atoms with Crippen molar-refractivity contribution in [1.29, 1.82) is 0 Å². The third kappa shape index (κ3) is 5.69. The van der Waals surface area contributed by atoms with Gasteiger partial charge in [0.1, 0.15) is 5.75 Å². The first-order valence-corrected chi connectivity index (χ1v) is 9.25. The molecule has 2 amide bonds. The molecule has 134 valence electrons. The van der Waals surface area contributed by atoms with Gasteiger partial charge in [-0.3, -0.25) is 0 Å². The summed E-state index contributed by atoms with van der Waals surface area (Å²) in [7, 11) is 5.64. The number of carbonyl (C=O) groups excluding carboxylic acids is 1. The number of benzene rings is 2. The van der Waals surface area contributed by atoms with Gasteiger partial charge in [-0.25, -0.2) is 4.79 Å². The van der Waals surface area contributed by atoms with Crippen LogP contribution in [0, 0.1) is 0 Å². The Hall–Kier alpha value is -2.18. The maximum Gasteiger partial charge on any atom is 0.319 e. The van der Waals surface area contributed by atoms with Crippen LogP contribution in [0.5, 0.6) is 5.75 Å². The lowest BCUT2D eigenvalue weighted by Gasteiger charge is -2.25. The van der Waals surface area contributed by atoms with Crippen LogP contribution in [-0.4, -0.2) is 44.9 Å². The number of likely N-dealkylation sites (N-methyl/N-ethyl adjacent to an activating group) is 1. The van der Waals surface area contributed by atoms with Gasteiger partial charge in [0, 0.05) is 17.1 Å². The second-order valence-corrected chi connectivity index (χ2v) is 6.70. The molecule has 1 atom stereocenters. The summed E-state index contributed by atoms with van der Waals surface area (Å²) in [6.07, 6.45) is 2.02. The molecular formula is C19H25N3O2S. The van der Waals surface area contributed by atoms with E-state index in [9.17, 15) is 4.79 Å². The van der Waals surface area contributed by atoms with E-state index in [1.165, 1.54) is 0 Å². The molecule has 0 fully saturated rings. The van der Waals surface area contributed by atoms with E-state index in [1.54, 1.807) is 18.9 Å². The molecule has 1 unspecified atom stereocenters. The van der Waals surface area contributed by atoms with E-state index in [-0.39, 0.29) is 12.1 Å². The van der Waals surface area contributed by atoms with Crippen molar-refractivity contribution in [3.63, 3.8) is 0 Å². The normalized spacial score (nSPS) is 11.9. The molecular weight excluding hydrogens is 334 g/mol. The fraction of sp³-hybridized carbons (Fsp3) is 0.316. The molecule has 0 heterocycles. The van der Waals surface area contributed by atoms with Gasteiger partial charge in [0.05, 0.1) is 13.2 Å². The number of anilines is 1. The number of nitrogens with one attached hydrogen (secondary N) is 2. The fourth-order valence-corrected chi connectivity index (χ4v) is 2.87. The van der Waals surface area contributed by atoms with Gasteiger partial charge in [-0.2, -0.15) is 0 Å². The van der Waals surface area contributed by atoms with Gasteiger partial charge in [-0.05, 0) is 62.3 Å². The molecule has 0 radical (unpaired) electrons. The van der Waals surface area contributed by atoms with E-state index in [0.29, 0.717) is 6.54 Å². The summed E-state index contributed by atoms with van der Waals surface area (Å²) in [5, 5.41) is 5.80. The molecule has 2 aromatic carbocycles. The first-order valence-electron chi connectivity index (χ1n) is 8.02. The number of ether oxygens (including phenoxy) is 1. The maximum absolute atomic E-state index is 12.2. The lowest BCUT2D eigenvalue weighted by atomic mass is 10.1. The van der Waals surface area contributed by atoms with Gasteiger partial charge < -0.3 is 20.3 Å². The summed E-state index contributed by atoms with van der Waals surface area (Å²) in [4.78, 5) is 15.4. The number of thioether (sulfide) groups is 1. The number of hydrogen-bond acceptors (Lipinski definition) is 4. The van der Waals surface area contributed by atoms with Crippen molar-refractivity contribution in [2.75, 3.05) is 39.3 Å². The fourth-order valence-electron chi connectivity index (χ4n) is 2.46. The van der Waals surface area contributed by atoms with Crippen LogP contribution in [0.3, 0.4) is 0 Å². The number of nitrogens with zero attached hydrogens (tertiary/aromatic N) is 1. The third-order valence-corrected chi connectivity index (χ3v) is 4.67. The number of amides is 2. The predicted octanol–water partition coefficient (Wildman–Crippen LogP) is 3.84. The van der Waals surface area contributed by atoms with Gasteiger partial charge in [0.15, 0.2) is 0 Å². The molecule has 6 heteroatoms. The SMILES string of the molecule is COc1ccc(C(CNC(=O)Nc2ccc(SC)cc2)N(C)C)cc1. The molecule has 25 heavy (non-hydrogen) atoms. The zero-order valence-electron chi connectivity index (χ0n) is 15.1. The molecule has 2 aromatic rings. The molecule has 0 aliphatic carbocycles. The quantitative estimate of drug-likeness (QED) is 0.738. The molecule has 0 spiro atoms. The van der Waals surface area contributed by atoms with E-state index in [1.807, 2.05) is 68.9 Å². The minimum absolute atomic E-state index is 0.0792. The van der Waals surface area contributed by atoms with Crippen molar-refractivity contribution in [3.05, 3.63) is 54.1 Å². The van der Waals surface area contributed by atoms with Gasteiger partial charge in [-0.15, -0.1) is 11.8 Å². The molecule has 5 nitrogen and oxygen atoms in total. The van der Waals surface area contributed by atoms with Crippen molar-refractivity contribution in [1.82, 2.24) is 10.2 Å². The molecule has 0 aliphatic rings. The van der Waals surface area contributed by atoms with Crippen LogP contribution in [0.4, 0.5) is 10.5 Å². The summed E-state index contributed by atoms with van der Waals surface area (Å²) < 4.78 is 5.20. The van der Waals surface area contributed by atoms with Crippen LogP contribution in [0.2, 0.25) is 0 Å². The van der Waals surface area contributed by atoms with Crippen LogP contribution in [0.25, 0.3) is 0 Å². The number of methoxy groups -OCH3 is 1. The highest BCUT2D eigenvalue weighted by atomic mass is 32.2. The summed E-state index contributed by atoms with van der Waals surface area (Å²) in [6, 6.07) is 15.5. The second-order valence-electron chi connectivity index (χ2n) is 5.82. The Labute approximate surface area is 153 Å².